The molecule has 0 radical (unpaired) electrons. The van der Waals surface area contributed by atoms with Crippen LogP contribution in [-0.2, 0) is 0 Å². The summed E-state index contributed by atoms with van der Waals surface area (Å²) in [6.45, 7) is 2.60. The molecular weight excluding hydrogens is 154 g/mol. The molecule has 1 aromatic heterocycles. The second-order valence-electron chi connectivity index (χ2n) is 2.60. The van der Waals surface area contributed by atoms with Crippen LogP contribution in [0.1, 0.15) is 18.5 Å². The van der Waals surface area contributed by atoms with Crippen molar-refractivity contribution in [1.82, 2.24) is 9.97 Å². The fourth-order valence-electron chi connectivity index (χ4n) is 0.848. The fourth-order valence-corrected chi connectivity index (χ4v) is 0.848. The summed E-state index contributed by atoms with van der Waals surface area (Å²) in [5.41, 5.74) is 6.42. The predicted octanol–water partition coefficient (Wildman–Crippen LogP) is 0.547. The number of ether oxygens (including phenoxy) is 1. The molecule has 1 rings (SSSR count). The van der Waals surface area contributed by atoms with Gasteiger partial charge in [-0.3, -0.25) is 0 Å². The standard InChI is InChI=1S/C8H13N3O/c1-6(5-9)7-3-4-10-8(11-7)12-2/h3-4,6H,5,9H2,1-2H3. The topological polar surface area (TPSA) is 61.0 Å². The normalized spacial score (nSPS) is 12.6. The molecule has 0 aliphatic carbocycles. The minimum Gasteiger partial charge on any atom is -0.467 e. The maximum absolute atomic E-state index is 5.49. The van der Waals surface area contributed by atoms with Crippen molar-refractivity contribution in [3.63, 3.8) is 0 Å². The number of hydrogen-bond acceptors (Lipinski definition) is 4. The Morgan fingerprint density at radius 2 is 2.42 bits per heavy atom. The quantitative estimate of drug-likeness (QED) is 0.714. The number of aromatic nitrogens is 2. The molecule has 0 bridgehead atoms. The first-order valence-corrected chi connectivity index (χ1v) is 3.85. The highest BCUT2D eigenvalue weighted by atomic mass is 16.5. The van der Waals surface area contributed by atoms with Crippen LogP contribution in [0.3, 0.4) is 0 Å². The van der Waals surface area contributed by atoms with Gasteiger partial charge in [0.05, 0.1) is 12.8 Å². The van der Waals surface area contributed by atoms with Gasteiger partial charge in [-0.05, 0) is 6.07 Å². The Kier molecular flexibility index (Phi) is 2.99. The van der Waals surface area contributed by atoms with Gasteiger partial charge in [-0.25, -0.2) is 4.98 Å². The molecule has 4 heteroatoms. The highest BCUT2D eigenvalue weighted by molar-refractivity contribution is 5.10. The van der Waals surface area contributed by atoms with Crippen LogP contribution in [-0.4, -0.2) is 23.6 Å². The van der Waals surface area contributed by atoms with Crippen molar-refractivity contribution < 1.29 is 4.74 Å². The number of rotatable bonds is 3. The summed E-state index contributed by atoms with van der Waals surface area (Å²) in [6, 6.07) is 2.24. The summed E-state index contributed by atoms with van der Waals surface area (Å²) < 4.78 is 4.89. The molecule has 4 nitrogen and oxygen atoms in total. The molecule has 1 aromatic rings. The van der Waals surface area contributed by atoms with Crippen LogP contribution < -0.4 is 10.5 Å². The van der Waals surface area contributed by atoms with Gasteiger partial charge >= 0.3 is 6.01 Å². The van der Waals surface area contributed by atoms with Crippen LogP contribution in [0.25, 0.3) is 0 Å². The minimum atomic E-state index is 0.252. The Balaban J connectivity index is 2.86. The Hall–Kier alpha value is -1.16. The third-order valence-corrected chi connectivity index (χ3v) is 1.70. The number of nitrogens with zero attached hydrogens (tertiary/aromatic N) is 2. The van der Waals surface area contributed by atoms with E-state index in [1.165, 1.54) is 0 Å². The zero-order valence-electron chi connectivity index (χ0n) is 7.32. The van der Waals surface area contributed by atoms with Gasteiger partial charge in [0, 0.05) is 18.7 Å². The molecule has 0 amide bonds. The van der Waals surface area contributed by atoms with Crippen molar-refractivity contribution in [2.45, 2.75) is 12.8 Å². The lowest BCUT2D eigenvalue weighted by Gasteiger charge is -2.07. The second-order valence-corrected chi connectivity index (χ2v) is 2.60. The Labute approximate surface area is 71.8 Å². The van der Waals surface area contributed by atoms with Gasteiger partial charge in [-0.15, -0.1) is 0 Å². The third kappa shape index (κ3) is 1.92. The zero-order chi connectivity index (χ0) is 8.97. The first-order valence-electron chi connectivity index (χ1n) is 3.85. The van der Waals surface area contributed by atoms with Crippen LogP contribution in [0.5, 0.6) is 6.01 Å². The molecule has 66 valence electrons. The van der Waals surface area contributed by atoms with E-state index in [2.05, 4.69) is 9.97 Å². The SMILES string of the molecule is COc1nccc(C(C)CN)n1. The molecule has 0 spiro atoms. The van der Waals surface area contributed by atoms with Gasteiger partial charge in [0.15, 0.2) is 0 Å². The van der Waals surface area contributed by atoms with Crippen LogP contribution in [0.4, 0.5) is 0 Å². The number of methoxy groups -OCH3 is 1. The molecule has 0 saturated heterocycles. The lowest BCUT2D eigenvalue weighted by Crippen LogP contribution is -2.10. The maximum atomic E-state index is 5.49. The summed E-state index contributed by atoms with van der Waals surface area (Å²) in [6.07, 6.45) is 1.67. The molecule has 0 aliphatic heterocycles. The molecule has 1 atom stereocenters. The van der Waals surface area contributed by atoms with Crippen molar-refractivity contribution in [2.75, 3.05) is 13.7 Å². The molecule has 2 N–H and O–H groups in total. The minimum absolute atomic E-state index is 0.252. The summed E-state index contributed by atoms with van der Waals surface area (Å²) >= 11 is 0. The van der Waals surface area contributed by atoms with E-state index in [9.17, 15) is 0 Å². The van der Waals surface area contributed by atoms with Crippen LogP contribution in [0.15, 0.2) is 12.3 Å². The third-order valence-electron chi connectivity index (χ3n) is 1.70. The van der Waals surface area contributed by atoms with E-state index in [0.29, 0.717) is 12.6 Å². The van der Waals surface area contributed by atoms with E-state index in [1.807, 2.05) is 13.0 Å². The highest BCUT2D eigenvalue weighted by Crippen LogP contribution is 2.11. The van der Waals surface area contributed by atoms with Gasteiger partial charge in [0.25, 0.3) is 0 Å². The lowest BCUT2D eigenvalue weighted by atomic mass is 10.1. The van der Waals surface area contributed by atoms with Gasteiger partial charge in [0.2, 0.25) is 0 Å². The molecule has 0 fully saturated rings. The average Bonchev–Trinajstić information content (AvgIpc) is 2.17. The largest absolute Gasteiger partial charge is 0.467 e. The van der Waals surface area contributed by atoms with Crippen LogP contribution >= 0.6 is 0 Å². The van der Waals surface area contributed by atoms with Crippen molar-refractivity contribution in [1.29, 1.82) is 0 Å². The molecule has 1 unspecified atom stereocenters. The van der Waals surface area contributed by atoms with Crippen molar-refractivity contribution in [3.8, 4) is 6.01 Å². The van der Waals surface area contributed by atoms with Crippen molar-refractivity contribution >= 4 is 0 Å². The Morgan fingerprint density at radius 3 is 3.00 bits per heavy atom. The van der Waals surface area contributed by atoms with Crippen LogP contribution in [0.2, 0.25) is 0 Å². The predicted molar refractivity (Wildman–Crippen MR) is 46.1 cm³/mol. The van der Waals surface area contributed by atoms with E-state index in [-0.39, 0.29) is 5.92 Å². The number of nitrogens with two attached hydrogens (primary N) is 1. The van der Waals surface area contributed by atoms with E-state index in [1.54, 1.807) is 13.3 Å². The number of hydrogen-bond donors (Lipinski definition) is 1. The molecule has 0 saturated carbocycles. The molecule has 1 heterocycles. The first-order chi connectivity index (χ1) is 5.77. The molecule has 12 heavy (non-hydrogen) atoms. The van der Waals surface area contributed by atoms with Gasteiger partial charge in [-0.2, -0.15) is 4.98 Å². The van der Waals surface area contributed by atoms with Crippen LogP contribution in [0, 0.1) is 0 Å². The lowest BCUT2D eigenvalue weighted by molar-refractivity contribution is 0.377. The van der Waals surface area contributed by atoms with Crippen molar-refractivity contribution in [3.05, 3.63) is 18.0 Å². The molecule has 0 aliphatic rings. The Morgan fingerprint density at radius 1 is 1.67 bits per heavy atom. The second kappa shape index (κ2) is 4.01. The summed E-state index contributed by atoms with van der Waals surface area (Å²) in [7, 11) is 1.55. The maximum Gasteiger partial charge on any atom is 0.316 e. The van der Waals surface area contributed by atoms with E-state index < -0.39 is 0 Å². The smallest absolute Gasteiger partial charge is 0.316 e. The monoisotopic (exact) mass is 167 g/mol. The van der Waals surface area contributed by atoms with Gasteiger partial charge < -0.3 is 10.5 Å². The summed E-state index contributed by atoms with van der Waals surface area (Å²) in [5.74, 6) is 0.252. The highest BCUT2D eigenvalue weighted by Gasteiger charge is 2.05. The van der Waals surface area contributed by atoms with Gasteiger partial charge in [0.1, 0.15) is 0 Å². The van der Waals surface area contributed by atoms with E-state index in [4.69, 9.17) is 10.5 Å². The summed E-state index contributed by atoms with van der Waals surface area (Å²) in [4.78, 5) is 8.05. The van der Waals surface area contributed by atoms with E-state index >= 15 is 0 Å². The van der Waals surface area contributed by atoms with Crippen molar-refractivity contribution in [2.24, 2.45) is 5.73 Å². The summed E-state index contributed by atoms with van der Waals surface area (Å²) in [5, 5.41) is 0. The zero-order valence-corrected chi connectivity index (χ0v) is 7.32. The first kappa shape index (κ1) is 8.93. The molecular formula is C8H13N3O. The Bertz CT molecular complexity index is 252. The fraction of sp³-hybridized carbons (Fsp3) is 0.500. The average molecular weight is 167 g/mol. The van der Waals surface area contributed by atoms with Gasteiger partial charge in [-0.1, -0.05) is 6.92 Å². The molecule has 0 aromatic carbocycles. The van der Waals surface area contributed by atoms with E-state index in [0.717, 1.165) is 5.69 Å².